The number of carbonyl (C=O) groups is 1. The minimum atomic E-state index is -0.183. The lowest BCUT2D eigenvalue weighted by molar-refractivity contribution is -0.113. The number of carbonyl (C=O) groups excluding carboxylic acids is 1. The fourth-order valence-electron chi connectivity index (χ4n) is 2.64. The van der Waals surface area contributed by atoms with Crippen LogP contribution in [0.1, 0.15) is 25.8 Å². The fraction of sp³-hybridized carbons (Fsp3) is 0.238. The Bertz CT molecular complexity index is 996. The van der Waals surface area contributed by atoms with Gasteiger partial charge in [0.05, 0.1) is 28.8 Å². The van der Waals surface area contributed by atoms with E-state index in [9.17, 15) is 4.79 Å². The first-order valence-corrected chi connectivity index (χ1v) is 11.3. The molecule has 0 bridgehead atoms. The van der Waals surface area contributed by atoms with Gasteiger partial charge in [-0.05, 0) is 71.2 Å². The monoisotopic (exact) mass is 511 g/mol. The normalized spacial score (nSPS) is 16.4. The predicted octanol–water partition coefficient (Wildman–Crippen LogP) is 6.69. The molecule has 1 heterocycles. The van der Waals surface area contributed by atoms with Crippen molar-refractivity contribution in [3.63, 3.8) is 0 Å². The Labute approximate surface area is 193 Å². The molecule has 1 saturated heterocycles. The SMILES string of the molecule is CC[C@@H](C)Oc1ccc(/C=C2\SC(=S)N(c3ccc(Br)c(Cl)c3)C2=O)cc1OC. The van der Waals surface area contributed by atoms with E-state index in [0.717, 1.165) is 16.5 Å². The fourth-order valence-corrected chi connectivity index (χ4v) is 4.36. The van der Waals surface area contributed by atoms with E-state index >= 15 is 0 Å². The Hall–Kier alpha value is -1.54. The third-order valence-corrected chi connectivity index (χ3v) is 6.88. The van der Waals surface area contributed by atoms with Crippen LogP contribution in [0.15, 0.2) is 45.8 Å². The summed E-state index contributed by atoms with van der Waals surface area (Å²) < 4.78 is 12.6. The van der Waals surface area contributed by atoms with Crippen molar-refractivity contribution < 1.29 is 14.3 Å². The summed E-state index contributed by atoms with van der Waals surface area (Å²) in [4.78, 5) is 15.0. The summed E-state index contributed by atoms with van der Waals surface area (Å²) >= 11 is 16.2. The van der Waals surface area contributed by atoms with Crippen molar-refractivity contribution in [3.8, 4) is 11.5 Å². The molecule has 0 aliphatic carbocycles. The number of thiocarbonyl (C=S) groups is 1. The van der Waals surface area contributed by atoms with Crippen LogP contribution in [0.25, 0.3) is 6.08 Å². The van der Waals surface area contributed by atoms with E-state index in [1.54, 1.807) is 31.4 Å². The lowest BCUT2D eigenvalue weighted by Crippen LogP contribution is -2.27. The Kier molecular flexibility index (Phi) is 7.27. The molecule has 152 valence electrons. The van der Waals surface area contributed by atoms with Gasteiger partial charge in [-0.15, -0.1) is 0 Å². The Morgan fingerprint density at radius 2 is 2.03 bits per heavy atom. The molecular formula is C21H19BrClNO3S2. The van der Waals surface area contributed by atoms with Crippen molar-refractivity contribution in [2.75, 3.05) is 12.0 Å². The number of anilines is 1. The standard InChI is InChI=1S/C21H19BrClNO3S2/c1-4-12(2)27-17-8-5-13(9-18(17)26-3)10-19-20(25)24(21(28)29-19)14-6-7-15(22)16(23)11-14/h5-12H,4H2,1-3H3/b19-10-/t12-/m1/s1. The lowest BCUT2D eigenvalue weighted by Gasteiger charge is -2.16. The van der Waals surface area contributed by atoms with E-state index in [4.69, 9.17) is 33.3 Å². The van der Waals surface area contributed by atoms with Gasteiger partial charge in [-0.1, -0.05) is 48.6 Å². The Morgan fingerprint density at radius 3 is 2.69 bits per heavy atom. The summed E-state index contributed by atoms with van der Waals surface area (Å²) in [6.07, 6.45) is 2.78. The van der Waals surface area contributed by atoms with E-state index in [1.165, 1.54) is 16.7 Å². The molecule has 1 amide bonds. The maximum Gasteiger partial charge on any atom is 0.270 e. The Morgan fingerprint density at radius 1 is 1.28 bits per heavy atom. The van der Waals surface area contributed by atoms with Gasteiger partial charge in [-0.2, -0.15) is 0 Å². The number of hydrogen-bond acceptors (Lipinski definition) is 5. The second kappa shape index (κ2) is 9.51. The minimum absolute atomic E-state index is 0.0868. The minimum Gasteiger partial charge on any atom is -0.493 e. The number of rotatable bonds is 6. The molecule has 0 spiro atoms. The van der Waals surface area contributed by atoms with Gasteiger partial charge in [0, 0.05) is 4.47 Å². The van der Waals surface area contributed by atoms with Crippen LogP contribution < -0.4 is 14.4 Å². The number of nitrogens with zero attached hydrogens (tertiary/aromatic N) is 1. The lowest BCUT2D eigenvalue weighted by atomic mass is 10.1. The van der Waals surface area contributed by atoms with Gasteiger partial charge in [-0.3, -0.25) is 9.69 Å². The van der Waals surface area contributed by atoms with Crippen LogP contribution in [-0.4, -0.2) is 23.4 Å². The molecule has 3 rings (SSSR count). The average molecular weight is 513 g/mol. The quantitative estimate of drug-likeness (QED) is 0.318. The first-order valence-electron chi connectivity index (χ1n) is 8.91. The zero-order valence-electron chi connectivity index (χ0n) is 16.1. The van der Waals surface area contributed by atoms with Crippen molar-refractivity contribution in [2.45, 2.75) is 26.4 Å². The number of hydrogen-bond donors (Lipinski definition) is 0. The molecule has 8 heteroatoms. The molecule has 0 aromatic heterocycles. The number of benzene rings is 2. The van der Waals surface area contributed by atoms with Crippen molar-refractivity contribution >= 4 is 73.5 Å². The van der Waals surface area contributed by atoms with Crippen LogP contribution in [0.3, 0.4) is 0 Å². The molecule has 1 fully saturated rings. The first kappa shape index (κ1) is 22.2. The average Bonchev–Trinajstić information content (AvgIpc) is 2.98. The zero-order valence-corrected chi connectivity index (χ0v) is 20.0. The summed E-state index contributed by atoms with van der Waals surface area (Å²) in [7, 11) is 1.60. The molecule has 1 atom stereocenters. The number of methoxy groups -OCH3 is 1. The van der Waals surface area contributed by atoms with E-state index in [1.807, 2.05) is 25.1 Å². The number of ether oxygens (including phenoxy) is 2. The molecule has 0 saturated carbocycles. The Balaban J connectivity index is 1.88. The molecule has 1 aliphatic heterocycles. The van der Waals surface area contributed by atoms with Crippen molar-refractivity contribution in [3.05, 3.63) is 56.4 Å². The van der Waals surface area contributed by atoms with E-state index in [-0.39, 0.29) is 12.0 Å². The third kappa shape index (κ3) is 4.97. The van der Waals surface area contributed by atoms with Gasteiger partial charge in [0.15, 0.2) is 15.8 Å². The highest BCUT2D eigenvalue weighted by molar-refractivity contribution is 9.10. The van der Waals surface area contributed by atoms with Crippen LogP contribution in [0.5, 0.6) is 11.5 Å². The van der Waals surface area contributed by atoms with Crippen molar-refractivity contribution in [2.24, 2.45) is 0 Å². The smallest absolute Gasteiger partial charge is 0.270 e. The molecule has 2 aromatic rings. The highest BCUT2D eigenvalue weighted by Gasteiger charge is 2.33. The summed E-state index contributed by atoms with van der Waals surface area (Å²) in [5, 5.41) is 0.516. The van der Waals surface area contributed by atoms with Crippen molar-refractivity contribution in [1.29, 1.82) is 0 Å². The third-order valence-electron chi connectivity index (χ3n) is 4.34. The van der Waals surface area contributed by atoms with Gasteiger partial charge in [0.2, 0.25) is 0 Å². The van der Waals surface area contributed by atoms with Gasteiger partial charge < -0.3 is 9.47 Å². The maximum atomic E-state index is 13.0. The number of amides is 1. The molecule has 2 aromatic carbocycles. The van der Waals surface area contributed by atoms with E-state index in [0.29, 0.717) is 31.4 Å². The molecule has 29 heavy (non-hydrogen) atoms. The summed E-state index contributed by atoms with van der Waals surface area (Å²) in [6, 6.07) is 10.9. The van der Waals surface area contributed by atoms with Gasteiger partial charge in [0.25, 0.3) is 5.91 Å². The van der Waals surface area contributed by atoms with Crippen LogP contribution in [0.4, 0.5) is 5.69 Å². The highest BCUT2D eigenvalue weighted by atomic mass is 79.9. The van der Waals surface area contributed by atoms with Crippen LogP contribution in [-0.2, 0) is 4.79 Å². The van der Waals surface area contributed by atoms with E-state index in [2.05, 4.69) is 22.9 Å². The predicted molar refractivity (Wildman–Crippen MR) is 128 cm³/mol. The van der Waals surface area contributed by atoms with Gasteiger partial charge in [-0.25, -0.2) is 0 Å². The molecule has 0 radical (unpaired) electrons. The van der Waals surface area contributed by atoms with Crippen molar-refractivity contribution in [1.82, 2.24) is 0 Å². The number of halogens is 2. The van der Waals surface area contributed by atoms with Gasteiger partial charge >= 0.3 is 0 Å². The molecular weight excluding hydrogens is 494 g/mol. The van der Waals surface area contributed by atoms with Crippen LogP contribution >= 0.6 is 51.5 Å². The second-order valence-corrected chi connectivity index (χ2v) is 9.30. The van der Waals surface area contributed by atoms with E-state index < -0.39 is 0 Å². The summed E-state index contributed by atoms with van der Waals surface area (Å²) in [5.41, 5.74) is 1.46. The van der Waals surface area contributed by atoms with Crippen LogP contribution in [0.2, 0.25) is 5.02 Å². The molecule has 1 aliphatic rings. The molecule has 0 N–H and O–H groups in total. The zero-order chi connectivity index (χ0) is 21.1. The summed E-state index contributed by atoms with van der Waals surface area (Å²) in [5.74, 6) is 1.11. The number of thioether (sulfide) groups is 1. The second-order valence-electron chi connectivity index (χ2n) is 6.36. The maximum absolute atomic E-state index is 13.0. The largest absolute Gasteiger partial charge is 0.493 e. The highest BCUT2D eigenvalue weighted by Crippen LogP contribution is 2.39. The molecule has 4 nitrogen and oxygen atoms in total. The topological polar surface area (TPSA) is 38.8 Å². The van der Waals surface area contributed by atoms with Crippen LogP contribution in [0, 0.1) is 0 Å². The molecule has 0 unspecified atom stereocenters. The first-order chi connectivity index (χ1) is 13.8. The van der Waals surface area contributed by atoms with Gasteiger partial charge in [0.1, 0.15) is 0 Å². The summed E-state index contributed by atoms with van der Waals surface area (Å²) in [6.45, 7) is 4.07.